The Balaban J connectivity index is 3.93. The Morgan fingerprint density at radius 3 is 2.29 bits per heavy atom. The Morgan fingerprint density at radius 2 is 1.82 bits per heavy atom. The molecular formula is C9H17NO6S. The highest BCUT2D eigenvalue weighted by atomic mass is 32.2. The van der Waals surface area contributed by atoms with Crippen LogP contribution in [0.2, 0.25) is 0 Å². The van der Waals surface area contributed by atoms with Gasteiger partial charge in [-0.05, 0) is 6.92 Å². The standard InChI is InChI=1S/C9H17NO6S/c1-7(16-9(3)12)6-10-17(13,14)5-4-15-8(2)11/h7,10H,4-6H2,1-3H3. The number of carbonyl (C=O) groups is 2. The van der Waals surface area contributed by atoms with Crippen LogP contribution in [-0.4, -0.2) is 45.4 Å². The molecule has 0 radical (unpaired) electrons. The Bertz CT molecular complexity index is 364. The van der Waals surface area contributed by atoms with Crippen molar-refractivity contribution in [2.45, 2.75) is 26.9 Å². The number of sulfonamides is 1. The van der Waals surface area contributed by atoms with E-state index in [2.05, 4.69) is 9.46 Å². The van der Waals surface area contributed by atoms with E-state index >= 15 is 0 Å². The van der Waals surface area contributed by atoms with Gasteiger partial charge in [-0.15, -0.1) is 0 Å². The van der Waals surface area contributed by atoms with Crippen molar-refractivity contribution in [3.63, 3.8) is 0 Å². The van der Waals surface area contributed by atoms with Crippen molar-refractivity contribution in [3.8, 4) is 0 Å². The van der Waals surface area contributed by atoms with Crippen molar-refractivity contribution in [3.05, 3.63) is 0 Å². The van der Waals surface area contributed by atoms with Crippen LogP contribution in [0.25, 0.3) is 0 Å². The van der Waals surface area contributed by atoms with Crippen LogP contribution in [0.5, 0.6) is 0 Å². The Kier molecular flexibility index (Phi) is 6.74. The van der Waals surface area contributed by atoms with Crippen molar-refractivity contribution >= 4 is 22.0 Å². The summed E-state index contributed by atoms with van der Waals surface area (Å²) in [4.78, 5) is 21.0. The van der Waals surface area contributed by atoms with Crippen LogP contribution < -0.4 is 4.72 Å². The molecule has 1 N–H and O–H groups in total. The van der Waals surface area contributed by atoms with E-state index in [1.165, 1.54) is 13.8 Å². The lowest BCUT2D eigenvalue weighted by Gasteiger charge is -2.12. The molecule has 0 aromatic heterocycles. The molecule has 17 heavy (non-hydrogen) atoms. The van der Waals surface area contributed by atoms with Gasteiger partial charge in [-0.25, -0.2) is 13.1 Å². The van der Waals surface area contributed by atoms with Gasteiger partial charge in [-0.2, -0.15) is 0 Å². The van der Waals surface area contributed by atoms with Crippen LogP contribution in [0.3, 0.4) is 0 Å². The summed E-state index contributed by atoms with van der Waals surface area (Å²) in [6.45, 7) is 3.79. The fourth-order valence-corrected chi connectivity index (χ4v) is 1.87. The third-order valence-electron chi connectivity index (χ3n) is 1.62. The molecule has 0 amide bonds. The minimum absolute atomic E-state index is 0.0119. The van der Waals surface area contributed by atoms with E-state index in [9.17, 15) is 18.0 Å². The van der Waals surface area contributed by atoms with Crippen molar-refractivity contribution < 1.29 is 27.5 Å². The van der Waals surface area contributed by atoms with Crippen molar-refractivity contribution in [1.29, 1.82) is 0 Å². The third kappa shape index (κ3) is 9.76. The molecule has 0 aromatic carbocycles. The van der Waals surface area contributed by atoms with E-state index in [0.717, 1.165) is 0 Å². The molecule has 0 aliphatic rings. The van der Waals surface area contributed by atoms with Gasteiger partial charge < -0.3 is 9.47 Å². The maximum atomic E-state index is 11.4. The Morgan fingerprint density at radius 1 is 1.24 bits per heavy atom. The average Bonchev–Trinajstić information content (AvgIpc) is 2.13. The summed E-state index contributed by atoms with van der Waals surface area (Å²) >= 11 is 0. The smallest absolute Gasteiger partial charge is 0.302 e. The van der Waals surface area contributed by atoms with E-state index in [1.54, 1.807) is 6.92 Å². The summed E-state index contributed by atoms with van der Waals surface area (Å²) in [6.07, 6.45) is -0.545. The van der Waals surface area contributed by atoms with E-state index in [4.69, 9.17) is 4.74 Å². The van der Waals surface area contributed by atoms with Crippen LogP contribution in [0.1, 0.15) is 20.8 Å². The molecule has 7 nitrogen and oxygen atoms in total. The molecule has 8 heteroatoms. The zero-order valence-corrected chi connectivity index (χ0v) is 10.9. The van der Waals surface area contributed by atoms with E-state index in [1.807, 2.05) is 0 Å². The van der Waals surface area contributed by atoms with Gasteiger partial charge in [0.05, 0.1) is 5.75 Å². The first-order chi connectivity index (χ1) is 7.73. The maximum Gasteiger partial charge on any atom is 0.302 e. The summed E-state index contributed by atoms with van der Waals surface area (Å²) < 4.78 is 34.2. The van der Waals surface area contributed by atoms with Gasteiger partial charge in [0.1, 0.15) is 12.7 Å². The molecule has 1 unspecified atom stereocenters. The number of carbonyl (C=O) groups excluding carboxylic acids is 2. The topological polar surface area (TPSA) is 98.8 Å². The number of ether oxygens (including phenoxy) is 2. The number of hydrogen-bond donors (Lipinski definition) is 1. The van der Waals surface area contributed by atoms with Gasteiger partial charge in [0.25, 0.3) is 0 Å². The molecule has 0 spiro atoms. The largest absolute Gasteiger partial charge is 0.465 e. The first kappa shape index (κ1) is 15.9. The molecule has 0 aliphatic carbocycles. The highest BCUT2D eigenvalue weighted by molar-refractivity contribution is 7.89. The average molecular weight is 267 g/mol. The zero-order chi connectivity index (χ0) is 13.5. The molecular weight excluding hydrogens is 250 g/mol. The van der Waals surface area contributed by atoms with Crippen molar-refractivity contribution in [1.82, 2.24) is 4.72 Å². The highest BCUT2D eigenvalue weighted by Gasteiger charge is 2.13. The summed E-state index contributed by atoms with van der Waals surface area (Å²) in [5, 5.41) is 0. The fourth-order valence-electron chi connectivity index (χ4n) is 0.937. The predicted molar refractivity (Wildman–Crippen MR) is 59.7 cm³/mol. The Hall–Kier alpha value is -1.15. The zero-order valence-electron chi connectivity index (χ0n) is 10.1. The predicted octanol–water partition coefficient (Wildman–Crippen LogP) is -0.579. The van der Waals surface area contributed by atoms with E-state index in [-0.39, 0.29) is 18.9 Å². The second-order valence-electron chi connectivity index (χ2n) is 3.43. The minimum Gasteiger partial charge on any atom is -0.465 e. The van der Waals surface area contributed by atoms with Crippen LogP contribution in [0, 0.1) is 0 Å². The second-order valence-corrected chi connectivity index (χ2v) is 5.35. The Labute approximate surface area is 101 Å². The molecule has 0 heterocycles. The number of nitrogens with one attached hydrogen (secondary N) is 1. The van der Waals surface area contributed by atoms with Crippen LogP contribution in [-0.2, 0) is 29.1 Å². The van der Waals surface area contributed by atoms with Gasteiger partial charge in [0, 0.05) is 20.4 Å². The van der Waals surface area contributed by atoms with Crippen molar-refractivity contribution in [2.75, 3.05) is 18.9 Å². The SMILES string of the molecule is CC(=O)OCCS(=O)(=O)NCC(C)OC(C)=O. The van der Waals surface area contributed by atoms with Gasteiger partial charge in [-0.3, -0.25) is 9.59 Å². The molecule has 0 saturated heterocycles. The lowest BCUT2D eigenvalue weighted by Crippen LogP contribution is -2.35. The van der Waals surface area contributed by atoms with Gasteiger partial charge in [0.15, 0.2) is 0 Å². The van der Waals surface area contributed by atoms with Crippen LogP contribution in [0.4, 0.5) is 0 Å². The monoisotopic (exact) mass is 267 g/mol. The third-order valence-corrected chi connectivity index (χ3v) is 2.93. The first-order valence-corrected chi connectivity index (χ1v) is 6.66. The van der Waals surface area contributed by atoms with Gasteiger partial charge in [-0.1, -0.05) is 0 Å². The molecule has 1 atom stereocenters. The van der Waals surface area contributed by atoms with Crippen LogP contribution >= 0.6 is 0 Å². The molecule has 0 fully saturated rings. The molecule has 0 rings (SSSR count). The van der Waals surface area contributed by atoms with Crippen molar-refractivity contribution in [2.24, 2.45) is 0 Å². The quantitative estimate of drug-likeness (QED) is 0.620. The molecule has 0 saturated carbocycles. The fraction of sp³-hybridized carbons (Fsp3) is 0.778. The molecule has 0 aromatic rings. The van der Waals surface area contributed by atoms with E-state index < -0.39 is 28.1 Å². The number of rotatable bonds is 7. The minimum atomic E-state index is -3.53. The van der Waals surface area contributed by atoms with Gasteiger partial charge in [0.2, 0.25) is 10.0 Å². The number of esters is 2. The van der Waals surface area contributed by atoms with E-state index in [0.29, 0.717) is 0 Å². The molecule has 0 bridgehead atoms. The van der Waals surface area contributed by atoms with Crippen LogP contribution in [0.15, 0.2) is 0 Å². The summed E-state index contributed by atoms with van der Waals surface area (Å²) in [6, 6.07) is 0. The normalized spacial score (nSPS) is 12.9. The van der Waals surface area contributed by atoms with Gasteiger partial charge >= 0.3 is 11.9 Å². The number of hydrogen-bond acceptors (Lipinski definition) is 6. The molecule has 100 valence electrons. The second kappa shape index (κ2) is 7.23. The highest BCUT2D eigenvalue weighted by Crippen LogP contribution is 1.92. The summed E-state index contributed by atoms with van der Waals surface area (Å²) in [7, 11) is -3.53. The lowest BCUT2D eigenvalue weighted by molar-refractivity contribution is -0.145. The lowest BCUT2D eigenvalue weighted by atomic mass is 10.4. The summed E-state index contributed by atoms with van der Waals surface area (Å²) in [5.74, 6) is -1.33. The summed E-state index contributed by atoms with van der Waals surface area (Å²) in [5.41, 5.74) is 0. The molecule has 0 aliphatic heterocycles. The first-order valence-electron chi connectivity index (χ1n) is 5.01. The maximum absolute atomic E-state index is 11.4.